The maximum Gasteiger partial charge on any atom is 0.180 e. The number of thiol groups is 2. The summed E-state index contributed by atoms with van der Waals surface area (Å²) in [6.45, 7) is 1.44. The molecule has 0 spiro atoms. The van der Waals surface area contributed by atoms with Crippen molar-refractivity contribution in [2.75, 3.05) is 31.1 Å². The van der Waals surface area contributed by atoms with Crippen LogP contribution in [0.1, 0.15) is 6.92 Å². The Morgan fingerprint density at radius 3 is 2.35 bits per heavy atom. The number of halogens is 2. The van der Waals surface area contributed by atoms with Crippen molar-refractivity contribution in [3.8, 4) is 0 Å². The number of rotatable bonds is 9. The Morgan fingerprint density at radius 2 is 1.94 bits per heavy atom. The Kier molecular flexibility index (Phi) is 7.93. The molecule has 3 atom stereocenters. The van der Waals surface area contributed by atoms with Crippen molar-refractivity contribution in [3.05, 3.63) is 0 Å². The summed E-state index contributed by atoms with van der Waals surface area (Å²) >= 11 is 7.89. The van der Waals surface area contributed by atoms with Gasteiger partial charge in [-0.2, -0.15) is 25.3 Å². The van der Waals surface area contributed by atoms with Crippen molar-refractivity contribution in [1.82, 2.24) is 10.6 Å². The van der Waals surface area contributed by atoms with Crippen LogP contribution in [0, 0.1) is 0 Å². The fourth-order valence-electron chi connectivity index (χ4n) is 0.979. The summed E-state index contributed by atoms with van der Waals surface area (Å²) in [5.74, 6) is -3.17. The molecule has 0 aromatic rings. The van der Waals surface area contributed by atoms with E-state index in [4.69, 9.17) is 11.5 Å². The molecule has 1 unspecified atom stereocenters. The van der Waals surface area contributed by atoms with Crippen LogP contribution in [0.2, 0.25) is 0 Å². The maximum absolute atomic E-state index is 13.5. The van der Waals surface area contributed by atoms with Gasteiger partial charge in [-0.3, -0.25) is 11.1 Å². The smallest absolute Gasteiger partial charge is 0.180 e. The Bertz CT molecular complexity index is 197. The Morgan fingerprint density at radius 1 is 1.35 bits per heavy atom. The van der Waals surface area contributed by atoms with E-state index in [0.29, 0.717) is 5.75 Å². The summed E-state index contributed by atoms with van der Waals surface area (Å²) in [7, 11) is 0. The fourth-order valence-corrected chi connectivity index (χ4v) is 1.35. The minimum Gasteiger partial charge on any atom is -0.326 e. The van der Waals surface area contributed by atoms with Gasteiger partial charge in [-0.05, 0) is 6.92 Å². The minimum atomic E-state index is -1.88. The second-order valence-corrected chi connectivity index (χ2v) is 4.92. The Balaban J connectivity index is 4.01. The van der Waals surface area contributed by atoms with E-state index >= 15 is 0 Å². The zero-order valence-electron chi connectivity index (χ0n) is 9.92. The number of nitrogens with one attached hydrogen (secondary N) is 2. The molecule has 0 saturated heterocycles. The highest BCUT2D eigenvalue weighted by Crippen LogP contribution is 2.05. The van der Waals surface area contributed by atoms with Crippen LogP contribution in [0.4, 0.5) is 8.78 Å². The van der Waals surface area contributed by atoms with Crippen molar-refractivity contribution < 1.29 is 8.78 Å². The van der Waals surface area contributed by atoms with Crippen molar-refractivity contribution in [3.63, 3.8) is 0 Å². The first kappa shape index (κ1) is 17.4. The molecule has 0 aliphatic carbocycles. The highest BCUT2D eigenvalue weighted by molar-refractivity contribution is 7.80. The molecule has 0 amide bonds. The Hall–Kier alpha value is 0.400. The first-order chi connectivity index (χ1) is 7.76. The zero-order valence-corrected chi connectivity index (χ0v) is 11.7. The third-order valence-electron chi connectivity index (χ3n) is 2.27. The molecule has 0 fully saturated rings. The third-order valence-corrected chi connectivity index (χ3v) is 3.23. The average molecular weight is 288 g/mol. The van der Waals surface area contributed by atoms with Crippen molar-refractivity contribution in [1.29, 1.82) is 0 Å². The molecule has 4 nitrogen and oxygen atoms in total. The number of hydrogen-bond donors (Lipinski definition) is 6. The predicted octanol–water partition coefficient (Wildman–Crippen LogP) is -0.337. The van der Waals surface area contributed by atoms with Crippen LogP contribution in [-0.4, -0.2) is 48.8 Å². The molecule has 0 heterocycles. The third kappa shape index (κ3) is 8.17. The molecule has 0 radical (unpaired) electrons. The standard InChI is InChI=1S/C9H22F2N4S2/c1-8(10,4-12)15-2-7(3-16)14-5-9(11,13)6-17/h7,14-17H,2-6,12-13H2,1H3/t7-,8+,9?/m0/s1. The van der Waals surface area contributed by atoms with E-state index in [-0.39, 0.29) is 31.4 Å². The number of alkyl halides is 2. The molecule has 0 rings (SSSR count). The maximum atomic E-state index is 13.5. The molecular formula is C9H22F2N4S2. The molecule has 8 heteroatoms. The molecule has 0 aromatic heterocycles. The van der Waals surface area contributed by atoms with Gasteiger partial charge in [0.25, 0.3) is 0 Å². The van der Waals surface area contributed by atoms with E-state index < -0.39 is 11.6 Å². The topological polar surface area (TPSA) is 76.1 Å². The van der Waals surface area contributed by atoms with Crippen LogP contribution in [0.25, 0.3) is 0 Å². The van der Waals surface area contributed by atoms with Crippen molar-refractivity contribution in [2.24, 2.45) is 11.5 Å². The van der Waals surface area contributed by atoms with Crippen LogP contribution >= 0.6 is 25.3 Å². The summed E-state index contributed by atoms with van der Waals surface area (Å²) in [6, 6.07) is -0.196. The highest BCUT2D eigenvalue weighted by Gasteiger charge is 2.25. The summed E-state index contributed by atoms with van der Waals surface area (Å²) in [4.78, 5) is 0. The van der Waals surface area contributed by atoms with Crippen LogP contribution in [-0.2, 0) is 0 Å². The molecule has 0 aliphatic rings. The zero-order chi connectivity index (χ0) is 13.5. The van der Waals surface area contributed by atoms with E-state index in [1.165, 1.54) is 6.92 Å². The van der Waals surface area contributed by atoms with E-state index in [1.807, 2.05) is 0 Å². The number of nitrogens with two attached hydrogens (primary N) is 2. The normalized spacial score (nSPS) is 20.6. The van der Waals surface area contributed by atoms with E-state index in [9.17, 15) is 8.78 Å². The predicted molar refractivity (Wildman–Crippen MR) is 74.1 cm³/mol. The molecule has 104 valence electrons. The van der Waals surface area contributed by atoms with E-state index in [1.54, 1.807) is 0 Å². The van der Waals surface area contributed by atoms with Crippen LogP contribution in [0.5, 0.6) is 0 Å². The van der Waals surface area contributed by atoms with Gasteiger partial charge in [-0.1, -0.05) is 0 Å². The molecular weight excluding hydrogens is 266 g/mol. The average Bonchev–Trinajstić information content (AvgIpc) is 2.29. The van der Waals surface area contributed by atoms with Gasteiger partial charge in [0.2, 0.25) is 0 Å². The van der Waals surface area contributed by atoms with Gasteiger partial charge in [0.05, 0.1) is 0 Å². The van der Waals surface area contributed by atoms with Crippen LogP contribution < -0.4 is 22.1 Å². The van der Waals surface area contributed by atoms with Gasteiger partial charge < -0.3 is 11.1 Å². The number of hydrogen-bond acceptors (Lipinski definition) is 6. The first-order valence-corrected chi connectivity index (χ1v) is 6.60. The molecule has 17 heavy (non-hydrogen) atoms. The molecule has 0 saturated carbocycles. The van der Waals surface area contributed by atoms with Gasteiger partial charge in [0.1, 0.15) is 0 Å². The van der Waals surface area contributed by atoms with Crippen LogP contribution in [0.15, 0.2) is 0 Å². The molecule has 6 N–H and O–H groups in total. The molecule has 0 bridgehead atoms. The van der Waals surface area contributed by atoms with Gasteiger partial charge in [-0.25, -0.2) is 8.78 Å². The summed E-state index contributed by atoms with van der Waals surface area (Å²) < 4.78 is 26.8. The van der Waals surface area contributed by atoms with Crippen LogP contribution in [0.3, 0.4) is 0 Å². The SMILES string of the molecule is C[C@](F)(CN)NC[C@@H](CS)NCC(N)(F)CS. The van der Waals surface area contributed by atoms with Crippen molar-refractivity contribution >= 4 is 25.3 Å². The largest absolute Gasteiger partial charge is 0.326 e. The lowest BCUT2D eigenvalue weighted by Gasteiger charge is -2.26. The lowest BCUT2D eigenvalue weighted by atomic mass is 10.2. The molecule has 0 aliphatic heterocycles. The lowest BCUT2D eigenvalue weighted by molar-refractivity contribution is 0.141. The quantitative estimate of drug-likeness (QED) is 0.259. The monoisotopic (exact) mass is 288 g/mol. The Labute approximate surface area is 112 Å². The van der Waals surface area contributed by atoms with E-state index in [2.05, 4.69) is 35.9 Å². The van der Waals surface area contributed by atoms with Gasteiger partial charge in [-0.15, -0.1) is 0 Å². The van der Waals surface area contributed by atoms with Gasteiger partial charge >= 0.3 is 0 Å². The van der Waals surface area contributed by atoms with Crippen molar-refractivity contribution in [2.45, 2.75) is 24.6 Å². The summed E-state index contributed by atoms with van der Waals surface area (Å²) in [6.07, 6.45) is 0. The highest BCUT2D eigenvalue weighted by atomic mass is 32.1. The molecule has 0 aromatic carbocycles. The summed E-state index contributed by atoms with van der Waals surface area (Å²) in [5, 5.41) is 5.49. The first-order valence-electron chi connectivity index (χ1n) is 5.33. The fraction of sp³-hybridized carbons (Fsp3) is 1.00. The van der Waals surface area contributed by atoms with E-state index in [0.717, 1.165) is 0 Å². The second-order valence-electron chi connectivity index (χ2n) is 4.24. The summed E-state index contributed by atoms with van der Waals surface area (Å²) in [5.41, 5.74) is 10.5. The van der Waals surface area contributed by atoms with Gasteiger partial charge in [0, 0.05) is 37.2 Å². The van der Waals surface area contributed by atoms with Gasteiger partial charge in [0.15, 0.2) is 11.6 Å². The minimum absolute atomic E-state index is 0.0605. The second kappa shape index (κ2) is 7.75. The lowest BCUT2D eigenvalue weighted by Crippen LogP contribution is -2.54.